The van der Waals surface area contributed by atoms with Gasteiger partial charge in [-0.3, -0.25) is 0 Å². The van der Waals surface area contributed by atoms with Crippen LogP contribution >= 0.6 is 0 Å². The van der Waals surface area contributed by atoms with E-state index < -0.39 is 11.9 Å². The summed E-state index contributed by atoms with van der Waals surface area (Å²) in [6, 6.07) is 20.6. The van der Waals surface area contributed by atoms with Crippen molar-refractivity contribution in [2.24, 2.45) is 0 Å². The molecule has 28 heavy (non-hydrogen) atoms. The van der Waals surface area contributed by atoms with Crippen molar-refractivity contribution < 1.29 is 24.5 Å². The molecule has 0 amide bonds. The fourth-order valence-electron chi connectivity index (χ4n) is 2.74. The summed E-state index contributed by atoms with van der Waals surface area (Å²) >= 11 is 0. The molecule has 0 unspecified atom stereocenters. The van der Waals surface area contributed by atoms with E-state index in [1.54, 1.807) is 6.07 Å². The Labute approximate surface area is 160 Å². The minimum atomic E-state index is -1.24. The van der Waals surface area contributed by atoms with Gasteiger partial charge in [0.2, 0.25) is 0 Å². The van der Waals surface area contributed by atoms with Gasteiger partial charge in [-0.05, 0) is 41.0 Å². The first kappa shape index (κ1) is 18.7. The maximum atomic E-state index is 11.2. The number of nitriles is 1. The predicted octanol–water partition coefficient (Wildman–Crippen LogP) is 4.20. The van der Waals surface area contributed by atoms with Crippen LogP contribution in [0.4, 0.5) is 0 Å². The molecule has 3 aromatic rings. The zero-order chi connectivity index (χ0) is 20.1. The molecule has 0 atom stereocenters. The molecule has 0 aliphatic rings. The Balaban J connectivity index is 1.85. The van der Waals surface area contributed by atoms with Gasteiger partial charge in [-0.15, -0.1) is 0 Å². The predicted molar refractivity (Wildman–Crippen MR) is 101 cm³/mol. The number of carboxylic acid groups (broad SMARTS) is 2. The molecule has 0 aromatic heterocycles. The molecule has 0 saturated heterocycles. The fraction of sp³-hybridized carbons (Fsp3) is 0.0455. The molecule has 0 radical (unpaired) electrons. The van der Waals surface area contributed by atoms with Crippen LogP contribution in [0.25, 0.3) is 11.1 Å². The second-order valence-electron chi connectivity index (χ2n) is 6.00. The fourth-order valence-corrected chi connectivity index (χ4v) is 2.74. The minimum Gasteiger partial charge on any atom is -0.489 e. The lowest BCUT2D eigenvalue weighted by Gasteiger charge is -2.10. The van der Waals surface area contributed by atoms with Crippen LogP contribution < -0.4 is 4.74 Å². The Kier molecular flexibility index (Phi) is 5.38. The number of hydrogen-bond acceptors (Lipinski definition) is 4. The van der Waals surface area contributed by atoms with Crippen LogP contribution in [0, 0.1) is 11.3 Å². The number of hydrogen-bond donors (Lipinski definition) is 2. The summed E-state index contributed by atoms with van der Waals surface area (Å²) < 4.78 is 5.58. The Morgan fingerprint density at radius 2 is 1.54 bits per heavy atom. The molecule has 6 heteroatoms. The first-order chi connectivity index (χ1) is 13.5. The smallest absolute Gasteiger partial charge is 0.335 e. The summed E-state index contributed by atoms with van der Waals surface area (Å²) in [7, 11) is 0. The van der Waals surface area contributed by atoms with Gasteiger partial charge in [0.1, 0.15) is 12.4 Å². The molecule has 0 saturated carbocycles. The molecule has 3 rings (SSSR count). The Morgan fingerprint density at radius 1 is 0.893 bits per heavy atom. The highest BCUT2D eigenvalue weighted by Crippen LogP contribution is 2.25. The van der Waals surface area contributed by atoms with Gasteiger partial charge in [-0.2, -0.15) is 5.26 Å². The van der Waals surface area contributed by atoms with E-state index in [9.17, 15) is 14.9 Å². The molecule has 0 bridgehead atoms. The summed E-state index contributed by atoms with van der Waals surface area (Å²) in [5.74, 6) is -2.36. The maximum absolute atomic E-state index is 11.2. The summed E-state index contributed by atoms with van der Waals surface area (Å²) in [5.41, 5.74) is 2.56. The van der Waals surface area contributed by atoms with Crippen LogP contribution in [-0.4, -0.2) is 22.2 Å². The molecular weight excluding hydrogens is 358 g/mol. The topological polar surface area (TPSA) is 108 Å². The number of nitrogens with zero attached hydrogens (tertiary/aromatic N) is 1. The highest BCUT2D eigenvalue weighted by Gasteiger charge is 2.13. The molecule has 0 spiro atoms. The molecule has 0 fully saturated rings. The summed E-state index contributed by atoms with van der Waals surface area (Å²) in [5, 5.41) is 27.7. The summed E-state index contributed by atoms with van der Waals surface area (Å²) in [4.78, 5) is 22.3. The van der Waals surface area contributed by atoms with Crippen molar-refractivity contribution in [2.45, 2.75) is 6.61 Å². The molecule has 0 aliphatic heterocycles. The van der Waals surface area contributed by atoms with Gasteiger partial charge < -0.3 is 14.9 Å². The molecule has 3 aromatic carbocycles. The number of aromatic carboxylic acids is 2. The molecular formula is C22H15NO5. The number of benzene rings is 3. The lowest BCUT2D eigenvalue weighted by Crippen LogP contribution is -2.04. The average molecular weight is 373 g/mol. The Bertz CT molecular complexity index is 1050. The highest BCUT2D eigenvalue weighted by atomic mass is 16.5. The first-order valence-corrected chi connectivity index (χ1v) is 8.31. The standard InChI is InChI=1S/C22H15NO5/c23-12-18-8-14(6-7-20(18)15-4-2-1-3-5-15)13-28-19-10-16(21(24)25)9-17(11-19)22(26)27/h1-11H,13H2,(H,24,25)(H,26,27). The first-order valence-electron chi connectivity index (χ1n) is 8.31. The lowest BCUT2D eigenvalue weighted by molar-refractivity contribution is 0.0696. The van der Waals surface area contributed by atoms with Crippen LogP contribution in [0.3, 0.4) is 0 Å². The van der Waals surface area contributed by atoms with Crippen molar-refractivity contribution in [3.8, 4) is 22.9 Å². The van der Waals surface area contributed by atoms with Crippen LogP contribution in [0.5, 0.6) is 5.75 Å². The third-order valence-corrected chi connectivity index (χ3v) is 4.10. The minimum absolute atomic E-state index is 0.0614. The second kappa shape index (κ2) is 8.06. The normalized spacial score (nSPS) is 10.1. The van der Waals surface area contributed by atoms with E-state index in [0.29, 0.717) is 11.1 Å². The molecule has 138 valence electrons. The van der Waals surface area contributed by atoms with Crippen LogP contribution in [0.1, 0.15) is 31.8 Å². The zero-order valence-electron chi connectivity index (χ0n) is 14.6. The summed E-state index contributed by atoms with van der Waals surface area (Å²) in [6.07, 6.45) is 0. The largest absolute Gasteiger partial charge is 0.489 e. The van der Waals surface area contributed by atoms with Gasteiger partial charge in [-0.1, -0.05) is 42.5 Å². The van der Waals surface area contributed by atoms with Crippen molar-refractivity contribution in [3.63, 3.8) is 0 Å². The van der Waals surface area contributed by atoms with E-state index in [1.807, 2.05) is 42.5 Å². The Morgan fingerprint density at radius 3 is 2.11 bits per heavy atom. The van der Waals surface area contributed by atoms with Gasteiger partial charge in [0, 0.05) is 0 Å². The second-order valence-corrected chi connectivity index (χ2v) is 6.00. The van der Waals surface area contributed by atoms with Gasteiger partial charge in [0.25, 0.3) is 0 Å². The van der Waals surface area contributed by atoms with Gasteiger partial charge in [0.05, 0.1) is 22.8 Å². The van der Waals surface area contributed by atoms with Crippen molar-refractivity contribution in [3.05, 3.63) is 89.0 Å². The molecule has 6 nitrogen and oxygen atoms in total. The van der Waals surface area contributed by atoms with Gasteiger partial charge in [-0.25, -0.2) is 9.59 Å². The van der Waals surface area contributed by atoms with E-state index in [4.69, 9.17) is 14.9 Å². The monoisotopic (exact) mass is 373 g/mol. The lowest BCUT2D eigenvalue weighted by atomic mass is 9.98. The van der Waals surface area contributed by atoms with Gasteiger partial charge >= 0.3 is 11.9 Å². The van der Waals surface area contributed by atoms with Crippen molar-refractivity contribution in [2.75, 3.05) is 0 Å². The molecule has 0 heterocycles. The molecule has 2 N–H and O–H groups in total. The maximum Gasteiger partial charge on any atom is 0.335 e. The van der Waals surface area contributed by atoms with Crippen molar-refractivity contribution >= 4 is 11.9 Å². The van der Waals surface area contributed by atoms with Gasteiger partial charge in [0.15, 0.2) is 0 Å². The summed E-state index contributed by atoms with van der Waals surface area (Å²) in [6.45, 7) is 0.0614. The highest BCUT2D eigenvalue weighted by molar-refractivity contribution is 5.94. The SMILES string of the molecule is N#Cc1cc(COc2cc(C(=O)O)cc(C(=O)O)c2)ccc1-c1ccccc1. The van der Waals surface area contributed by atoms with Crippen molar-refractivity contribution in [1.29, 1.82) is 5.26 Å². The zero-order valence-corrected chi connectivity index (χ0v) is 14.6. The number of ether oxygens (including phenoxy) is 1. The van der Waals surface area contributed by atoms with E-state index in [2.05, 4.69) is 6.07 Å². The van der Waals surface area contributed by atoms with Crippen LogP contribution in [0.2, 0.25) is 0 Å². The quantitative estimate of drug-likeness (QED) is 0.670. The van der Waals surface area contributed by atoms with Crippen LogP contribution in [-0.2, 0) is 6.61 Å². The van der Waals surface area contributed by atoms with E-state index in [1.165, 1.54) is 12.1 Å². The van der Waals surface area contributed by atoms with Crippen LogP contribution in [0.15, 0.2) is 66.7 Å². The number of carboxylic acids is 2. The van der Waals surface area contributed by atoms with E-state index >= 15 is 0 Å². The average Bonchev–Trinajstić information content (AvgIpc) is 2.72. The number of rotatable bonds is 6. The van der Waals surface area contributed by atoms with E-state index in [-0.39, 0.29) is 23.5 Å². The third kappa shape index (κ3) is 4.17. The molecule has 0 aliphatic carbocycles. The number of carbonyl (C=O) groups is 2. The third-order valence-electron chi connectivity index (χ3n) is 4.10. The Hall–Kier alpha value is -4.11. The van der Waals surface area contributed by atoms with E-state index in [0.717, 1.165) is 17.2 Å². The van der Waals surface area contributed by atoms with Crippen molar-refractivity contribution in [1.82, 2.24) is 0 Å².